The summed E-state index contributed by atoms with van der Waals surface area (Å²) in [5.74, 6) is -5.87. The number of amides is 1. The number of ether oxygens (including phenoxy) is 1. The Hall–Kier alpha value is -7.63. The van der Waals surface area contributed by atoms with Crippen molar-refractivity contribution in [3.63, 3.8) is 0 Å². The summed E-state index contributed by atoms with van der Waals surface area (Å²) in [5, 5.41) is 37.0. The quantitative estimate of drug-likeness (QED) is 0.0271. The Kier molecular flexibility index (Phi) is 12.7. The number of aromatic hydroxyl groups is 3. The van der Waals surface area contributed by atoms with Gasteiger partial charge in [0.1, 0.15) is 22.9 Å². The molecule has 0 saturated carbocycles. The number of anilines is 1. The monoisotopic (exact) mass is 942 g/mol. The van der Waals surface area contributed by atoms with E-state index in [9.17, 15) is 20.1 Å². The van der Waals surface area contributed by atoms with Gasteiger partial charge < -0.3 is 40.7 Å². The van der Waals surface area contributed by atoms with Crippen molar-refractivity contribution >= 4 is 79.7 Å². The molecule has 0 atom stereocenters. The molecule has 11 nitrogen and oxygen atoms in total. The minimum absolute atomic E-state index is 0.0287. The lowest BCUT2D eigenvalue weighted by Gasteiger charge is -2.14. The average Bonchev–Trinajstić information content (AvgIpc) is 4.17. The number of H-pyrrole nitrogens is 2. The molecule has 0 fully saturated rings. The largest absolute Gasteiger partial charge is 0.508 e. The van der Waals surface area contributed by atoms with Gasteiger partial charge in [-0.1, -0.05) is 58.0 Å². The molecule has 0 aliphatic carbocycles. The Morgan fingerprint density at radius 2 is 0.940 bits per heavy atom. The molecular formula is C50H38F4N6O5S2. The lowest BCUT2D eigenvalue weighted by molar-refractivity contribution is 0.172. The highest BCUT2D eigenvalue weighted by atomic mass is 33.1. The molecule has 8 bridgehead atoms. The highest BCUT2D eigenvalue weighted by molar-refractivity contribution is 8.76. The average molecular weight is 943 g/mol. The maximum absolute atomic E-state index is 16.7. The highest BCUT2D eigenvalue weighted by Gasteiger charge is 2.30. The van der Waals surface area contributed by atoms with Gasteiger partial charge >= 0.3 is 6.09 Å². The van der Waals surface area contributed by atoms with E-state index in [4.69, 9.17) is 9.97 Å². The van der Waals surface area contributed by atoms with Crippen molar-refractivity contribution < 1.29 is 42.4 Å². The van der Waals surface area contributed by atoms with Crippen molar-refractivity contribution in [2.75, 3.05) is 37.0 Å². The lowest BCUT2D eigenvalue weighted by Crippen LogP contribution is -2.25. The fraction of sp³-hybridized carbons (Fsp3) is 0.100. The molecule has 0 spiro atoms. The first-order valence-corrected chi connectivity index (χ1v) is 23.2. The molecule has 17 heteroatoms. The number of phenols is 3. The van der Waals surface area contributed by atoms with Crippen molar-refractivity contribution in [2.45, 2.75) is 0 Å². The zero-order chi connectivity index (χ0) is 46.8. The summed E-state index contributed by atoms with van der Waals surface area (Å²) < 4.78 is 70.5. The number of aromatic amines is 2. The van der Waals surface area contributed by atoms with Crippen LogP contribution in [0.1, 0.15) is 22.8 Å². The third kappa shape index (κ3) is 9.02. The number of methoxy groups -OCH3 is 1. The molecule has 0 saturated heterocycles. The fourth-order valence-electron chi connectivity index (χ4n) is 7.97. The fourth-order valence-corrected chi connectivity index (χ4v) is 9.79. The van der Waals surface area contributed by atoms with Crippen LogP contribution in [0.2, 0.25) is 0 Å². The van der Waals surface area contributed by atoms with Crippen LogP contribution in [0.5, 0.6) is 17.2 Å². The summed E-state index contributed by atoms with van der Waals surface area (Å²) >= 11 is 0. The first kappa shape index (κ1) is 44.6. The summed E-state index contributed by atoms with van der Waals surface area (Å²) in [6, 6.07) is 26.4. The number of hydrogen-bond acceptors (Lipinski definition) is 10. The number of alkyl carbamates (subject to hydrolysis) is 1. The van der Waals surface area contributed by atoms with E-state index in [0.29, 0.717) is 79.4 Å². The minimum Gasteiger partial charge on any atom is -0.508 e. The molecule has 3 aromatic heterocycles. The van der Waals surface area contributed by atoms with Crippen LogP contribution in [-0.2, 0) is 4.74 Å². The van der Waals surface area contributed by atoms with Crippen molar-refractivity contribution in [3.05, 3.63) is 143 Å². The van der Waals surface area contributed by atoms with Crippen LogP contribution in [-0.4, -0.2) is 73.1 Å². The zero-order valence-electron chi connectivity index (χ0n) is 35.3. The molecule has 4 aromatic carbocycles. The van der Waals surface area contributed by atoms with E-state index in [1.165, 1.54) is 65.1 Å². The smallest absolute Gasteiger partial charge is 0.406 e. The molecule has 1 amide bonds. The van der Waals surface area contributed by atoms with E-state index in [-0.39, 0.29) is 46.3 Å². The molecule has 0 unspecified atom stereocenters. The van der Waals surface area contributed by atoms with E-state index in [1.807, 2.05) is 12.1 Å². The molecule has 338 valence electrons. The molecule has 0 radical (unpaired) electrons. The maximum Gasteiger partial charge on any atom is 0.406 e. The predicted octanol–water partition coefficient (Wildman–Crippen LogP) is 12.1. The van der Waals surface area contributed by atoms with Crippen molar-refractivity contribution in [1.29, 1.82) is 0 Å². The summed E-state index contributed by atoms with van der Waals surface area (Å²) in [5.41, 5.74) is 3.58. The number of benzene rings is 4. The second-order valence-corrected chi connectivity index (χ2v) is 17.9. The van der Waals surface area contributed by atoms with Crippen molar-refractivity contribution in [3.8, 4) is 61.8 Å². The standard InChI is InChI=1S/C50H38F4N6O5S2/c1-65-50(64)56-20-22-67-66-21-19-55-49-47(53)45(51)44(46(52)48(49)54)43-38-17-15-36(59-38)41(27-6-3-9-30(62)24-27)34-13-11-32(57-34)40(26-5-2-8-29(61)23-26)33-12-14-35(58-33)42(37-16-18-39(43)60-37)28-7-4-10-31(63)25-28/h2-18,23-25,55,57,60-63H,19-22H2,1H3,(H,56,64). The second kappa shape index (κ2) is 19.1. The number of aromatic nitrogens is 4. The molecular weight excluding hydrogens is 905 g/mol. The van der Waals surface area contributed by atoms with E-state index in [1.54, 1.807) is 72.8 Å². The number of rotatable bonds is 12. The third-order valence-electron chi connectivity index (χ3n) is 10.9. The van der Waals surface area contributed by atoms with Crippen molar-refractivity contribution in [2.24, 2.45) is 0 Å². The molecule has 9 rings (SSSR count). The summed E-state index contributed by atoms with van der Waals surface area (Å²) in [4.78, 5) is 28.0. The van der Waals surface area contributed by atoms with Gasteiger partial charge in [0.25, 0.3) is 0 Å². The number of halogens is 4. The van der Waals surface area contributed by atoms with Crippen molar-refractivity contribution in [1.82, 2.24) is 25.3 Å². The number of carbonyl (C=O) groups excluding carboxylic acids is 1. The summed E-state index contributed by atoms with van der Waals surface area (Å²) in [6.45, 7) is 0.272. The summed E-state index contributed by atoms with van der Waals surface area (Å²) in [6.07, 6.45) is 6.09. The Bertz CT molecular complexity index is 3260. The molecule has 7 N–H and O–H groups in total. The molecule has 5 heterocycles. The number of nitrogens with zero attached hydrogens (tertiary/aromatic N) is 2. The maximum atomic E-state index is 16.7. The Labute approximate surface area is 387 Å². The number of phenolic OH excluding ortho intramolecular Hbond substituents is 3. The minimum atomic E-state index is -1.66. The predicted molar refractivity (Wildman–Crippen MR) is 259 cm³/mol. The third-order valence-corrected chi connectivity index (χ3v) is 13.3. The SMILES string of the molecule is COC(=O)NCCSSCCNc1c(F)c(F)c(-c2c3nc(c(-c4cccc(O)c4)c4ccc([nH]4)c(-c4cccc(O)c4)c4nc(c(-c5cccc(O)c5)c5ccc2[nH]5)C=C4)C=C3)c(F)c1F. The van der Waals surface area contributed by atoms with Crippen LogP contribution >= 0.6 is 21.6 Å². The topological polar surface area (TPSA) is 168 Å². The normalized spacial score (nSPS) is 11.8. The van der Waals surface area contributed by atoms with Crippen LogP contribution < -0.4 is 10.6 Å². The van der Waals surface area contributed by atoms with Gasteiger partial charge in [-0.05, 0) is 102 Å². The Morgan fingerprint density at radius 3 is 1.34 bits per heavy atom. The number of carbonyl (C=O) groups is 1. The van der Waals surface area contributed by atoms with Crippen LogP contribution in [0.3, 0.4) is 0 Å². The van der Waals surface area contributed by atoms with Gasteiger partial charge in [-0.3, -0.25) is 0 Å². The Balaban J connectivity index is 1.29. The number of hydrogen-bond donors (Lipinski definition) is 7. The first-order chi connectivity index (χ1) is 32.5. The van der Waals surface area contributed by atoms with Gasteiger partial charge in [-0.2, -0.15) is 0 Å². The molecule has 2 aliphatic heterocycles. The van der Waals surface area contributed by atoms with Gasteiger partial charge in [0.05, 0.1) is 35.4 Å². The second-order valence-electron chi connectivity index (χ2n) is 15.1. The van der Waals surface area contributed by atoms with Gasteiger partial charge in [0, 0.05) is 68.9 Å². The number of fused-ring (bicyclic) bond motifs is 8. The van der Waals surface area contributed by atoms with Crippen LogP contribution in [0.15, 0.2) is 97.1 Å². The van der Waals surface area contributed by atoms with E-state index in [0.717, 1.165) is 0 Å². The zero-order valence-corrected chi connectivity index (χ0v) is 36.9. The van der Waals surface area contributed by atoms with Crippen LogP contribution in [0, 0.1) is 23.3 Å². The molecule has 2 aliphatic rings. The first-order valence-electron chi connectivity index (χ1n) is 20.7. The molecule has 7 aromatic rings. The van der Waals surface area contributed by atoms with Gasteiger partial charge in [0.15, 0.2) is 23.3 Å². The van der Waals surface area contributed by atoms with Crippen LogP contribution in [0.4, 0.5) is 28.0 Å². The van der Waals surface area contributed by atoms with Gasteiger partial charge in [0.2, 0.25) is 0 Å². The molecule has 67 heavy (non-hydrogen) atoms. The van der Waals surface area contributed by atoms with Gasteiger partial charge in [-0.15, -0.1) is 0 Å². The van der Waals surface area contributed by atoms with Gasteiger partial charge in [-0.25, -0.2) is 32.3 Å². The van der Waals surface area contributed by atoms with E-state index in [2.05, 4.69) is 25.3 Å². The van der Waals surface area contributed by atoms with Crippen LogP contribution in [0.25, 0.3) is 90.9 Å². The lowest BCUT2D eigenvalue weighted by atomic mass is 10.0. The summed E-state index contributed by atoms with van der Waals surface area (Å²) in [7, 11) is 3.95. The highest BCUT2D eigenvalue weighted by Crippen LogP contribution is 2.42. The van der Waals surface area contributed by atoms with E-state index < -0.39 is 40.6 Å². The number of nitrogens with one attached hydrogen (secondary N) is 4. The Morgan fingerprint density at radius 1 is 0.552 bits per heavy atom. The van der Waals surface area contributed by atoms with E-state index >= 15 is 17.6 Å².